The Morgan fingerprint density at radius 1 is 0.333 bits per heavy atom. The molecule has 21 nitrogen and oxygen atoms in total. The van der Waals surface area contributed by atoms with Gasteiger partial charge in [0, 0.05) is 0 Å². The first-order valence-corrected chi connectivity index (χ1v) is 15.1. The Balaban J connectivity index is -0.0000000900. The third kappa shape index (κ3) is 14.3. The first-order valence-electron chi connectivity index (χ1n) is 6.49. The average Bonchev–Trinajstić information content (AvgIpc) is 2.41. The van der Waals surface area contributed by atoms with Crippen molar-refractivity contribution in [2.24, 2.45) is 0 Å². The van der Waals surface area contributed by atoms with Gasteiger partial charge in [-0.25, -0.2) is 0 Å². The van der Waals surface area contributed by atoms with Crippen molar-refractivity contribution < 1.29 is 93.1 Å². The molecule has 0 saturated heterocycles. The molecule has 0 rings (SSSR count). The van der Waals surface area contributed by atoms with E-state index in [9.17, 15) is 50.5 Å². The molecule has 0 spiro atoms. The van der Waals surface area contributed by atoms with Gasteiger partial charge in [-0.2, -0.15) is 50.5 Å². The molecule has 0 aliphatic heterocycles. The van der Waals surface area contributed by atoms with Crippen molar-refractivity contribution in [2.75, 3.05) is 0 Å². The molecule has 0 amide bonds. The van der Waals surface area contributed by atoms with Crippen LogP contribution in [0.4, 0.5) is 0 Å². The summed E-state index contributed by atoms with van der Waals surface area (Å²) in [7, 11) is -31.5. The van der Waals surface area contributed by atoms with E-state index in [1.165, 1.54) is 0 Å². The van der Waals surface area contributed by atoms with Gasteiger partial charge in [-0.3, -0.25) is 27.3 Å². The van der Waals surface area contributed by atoms with Crippen LogP contribution in [0.1, 0.15) is 20.8 Å². The van der Waals surface area contributed by atoms with Crippen molar-refractivity contribution in [1.82, 2.24) is 0 Å². The van der Waals surface area contributed by atoms with Gasteiger partial charge in [-0.15, -0.1) is 0 Å². The van der Waals surface area contributed by atoms with E-state index in [2.05, 4.69) is 0 Å². The Kier molecular flexibility index (Phi) is 22.1. The van der Waals surface area contributed by atoms with E-state index in [-0.39, 0.29) is 109 Å². The van der Waals surface area contributed by atoms with Crippen LogP contribution in [-0.2, 0) is 60.7 Å². The number of aliphatic hydroxyl groups is 3. The predicted octanol–water partition coefficient (Wildman–Crippen LogP) is -6.66. The van der Waals surface area contributed by atoms with E-state index in [1.807, 2.05) is 0 Å². The summed E-state index contributed by atoms with van der Waals surface area (Å²) in [5.74, 6) is 0. The van der Waals surface area contributed by atoms with Crippen LogP contribution in [0.25, 0.3) is 0 Å². The molecule has 0 aliphatic carbocycles. The van der Waals surface area contributed by atoms with Crippen LogP contribution < -0.4 is 0 Å². The van der Waals surface area contributed by atoms with Crippen LogP contribution in [-0.4, -0.2) is 195 Å². The SMILES string of the molecule is CC(O)(S(=O)(=O)O)S(=O)(=O)O.CC(O)(S(=O)(=O)O)S(=O)(=O)O.CC(O)(S(=O)(=O)O)S(=O)(=O)O.[NaH].[NaH].[NaH]. The summed E-state index contributed by atoms with van der Waals surface area (Å²) < 4.78 is 158. The standard InChI is InChI=1S/3C2H6O7S2.3Na.3H/c3*1-2(3,10(4,5)6)11(7,8)9;;;;;;/h3*3H,1H3,(H,4,5,6)(H,7,8,9);;;;;;. The van der Waals surface area contributed by atoms with Crippen molar-refractivity contribution in [3.63, 3.8) is 0 Å². The van der Waals surface area contributed by atoms with E-state index < -0.39 is 73.5 Å². The van der Waals surface area contributed by atoms with Gasteiger partial charge in [0.1, 0.15) is 0 Å². The first kappa shape index (κ1) is 51.1. The van der Waals surface area contributed by atoms with Crippen LogP contribution >= 0.6 is 0 Å². The Hall–Kier alpha value is 2.34. The molecule has 36 heavy (non-hydrogen) atoms. The van der Waals surface area contributed by atoms with Crippen LogP contribution in [0, 0.1) is 0 Å². The van der Waals surface area contributed by atoms with Gasteiger partial charge in [-0.1, -0.05) is 0 Å². The summed E-state index contributed by atoms with van der Waals surface area (Å²) in [6.07, 6.45) is 0. The molecule has 0 atom stereocenters. The third-order valence-electron chi connectivity index (χ3n) is 2.87. The molecular formula is C6H21Na3O21S6. The Labute approximate surface area is 272 Å². The van der Waals surface area contributed by atoms with E-state index in [0.29, 0.717) is 0 Å². The van der Waals surface area contributed by atoms with Crippen molar-refractivity contribution in [1.29, 1.82) is 0 Å². The zero-order chi connectivity index (χ0) is 28.5. The van der Waals surface area contributed by atoms with Gasteiger partial charge in [0.15, 0.2) is 0 Å². The fourth-order valence-corrected chi connectivity index (χ4v) is 3.59. The normalized spacial score (nSPS) is 13.7. The zero-order valence-corrected chi connectivity index (χ0v) is 20.8. The van der Waals surface area contributed by atoms with Crippen LogP contribution in [0.15, 0.2) is 0 Å². The minimum absolute atomic E-state index is 0. The second kappa shape index (κ2) is 15.5. The van der Waals surface area contributed by atoms with Gasteiger partial charge < -0.3 is 15.3 Å². The van der Waals surface area contributed by atoms with Crippen LogP contribution in [0.5, 0.6) is 0 Å². The number of hydrogen-bond donors (Lipinski definition) is 9. The molecule has 210 valence electrons. The molecule has 0 aromatic rings. The molecule has 0 aliphatic rings. The topological polar surface area (TPSA) is 387 Å². The molecule has 0 aromatic heterocycles. The second-order valence-corrected chi connectivity index (χ2v) is 16.8. The van der Waals surface area contributed by atoms with E-state index >= 15 is 0 Å². The van der Waals surface area contributed by atoms with Crippen molar-refractivity contribution in [2.45, 2.75) is 33.6 Å². The second-order valence-electron chi connectivity index (χ2n) is 5.54. The molecular weight excluding hydrogens is 669 g/mol. The first-order chi connectivity index (χ1) is 13.5. The molecule has 0 heterocycles. The van der Waals surface area contributed by atoms with Gasteiger partial charge in [0.05, 0.1) is 0 Å². The van der Waals surface area contributed by atoms with E-state index in [4.69, 9.17) is 42.6 Å². The number of hydrogen-bond acceptors (Lipinski definition) is 15. The molecule has 30 heteroatoms. The summed E-state index contributed by atoms with van der Waals surface area (Å²) in [6, 6.07) is 0. The molecule has 9 N–H and O–H groups in total. The molecule has 0 radical (unpaired) electrons. The molecule has 0 saturated carbocycles. The van der Waals surface area contributed by atoms with Gasteiger partial charge >= 0.3 is 162 Å². The van der Waals surface area contributed by atoms with E-state index in [1.54, 1.807) is 0 Å². The summed E-state index contributed by atoms with van der Waals surface area (Å²) in [6.45, 7) is 0.701. The maximum absolute atomic E-state index is 10.1. The summed E-state index contributed by atoms with van der Waals surface area (Å²) in [5.41, 5.74) is 0. The van der Waals surface area contributed by atoms with Gasteiger partial charge in [0.25, 0.3) is 0 Å². The van der Waals surface area contributed by atoms with E-state index in [0.717, 1.165) is 0 Å². The quantitative estimate of drug-likeness (QED) is 0.0923. The minimum atomic E-state index is -5.24. The van der Waals surface area contributed by atoms with Crippen LogP contribution in [0.2, 0.25) is 0 Å². The monoisotopic (exact) mass is 690 g/mol. The fourth-order valence-electron chi connectivity index (χ4n) is 0.399. The average molecular weight is 691 g/mol. The fraction of sp³-hybridized carbons (Fsp3) is 1.00. The number of rotatable bonds is 6. The maximum atomic E-state index is 10.1. The van der Waals surface area contributed by atoms with Gasteiger partial charge in [-0.05, 0) is 20.8 Å². The Morgan fingerprint density at radius 2 is 0.389 bits per heavy atom. The predicted molar refractivity (Wildman–Crippen MR) is 123 cm³/mol. The van der Waals surface area contributed by atoms with Gasteiger partial charge in [0.2, 0.25) is 0 Å². The Bertz CT molecular complexity index is 1080. The van der Waals surface area contributed by atoms with Crippen molar-refractivity contribution in [3.8, 4) is 0 Å². The summed E-state index contributed by atoms with van der Waals surface area (Å²) in [5, 5.41) is 25.5. The third-order valence-corrected chi connectivity index (χ3v) is 12.4. The molecule has 0 unspecified atom stereocenters. The Morgan fingerprint density at radius 3 is 0.389 bits per heavy atom. The molecule has 0 fully saturated rings. The zero-order valence-electron chi connectivity index (χ0n) is 15.9. The summed E-state index contributed by atoms with van der Waals surface area (Å²) >= 11 is 0. The van der Waals surface area contributed by atoms with Crippen LogP contribution in [0.3, 0.4) is 0 Å². The molecule has 0 aromatic carbocycles. The molecule has 0 bridgehead atoms. The van der Waals surface area contributed by atoms with Crippen molar-refractivity contribution >= 4 is 149 Å². The summed E-state index contributed by atoms with van der Waals surface area (Å²) in [4.78, 5) is 0. The van der Waals surface area contributed by atoms with Crippen molar-refractivity contribution in [3.05, 3.63) is 0 Å².